The second kappa shape index (κ2) is 8.56. The van der Waals surface area contributed by atoms with Gasteiger partial charge in [0, 0.05) is 28.7 Å². The Labute approximate surface area is 162 Å². The molecule has 1 saturated heterocycles. The molecule has 2 aromatic rings. The Hall–Kier alpha value is -2.05. The molecule has 1 aliphatic heterocycles. The molecule has 1 aliphatic rings. The number of halogens is 1. The van der Waals surface area contributed by atoms with E-state index in [-0.39, 0.29) is 18.0 Å². The van der Waals surface area contributed by atoms with Crippen molar-refractivity contribution >= 4 is 27.6 Å². The SMILES string of the molecule is COc1ccc(C2CN(C)CC[C@H]2NC(=O)Nc2ccc(Br)cc2)cc1. The Morgan fingerprint density at radius 1 is 1.15 bits per heavy atom. The average molecular weight is 418 g/mol. The summed E-state index contributed by atoms with van der Waals surface area (Å²) in [6, 6.07) is 15.6. The van der Waals surface area contributed by atoms with Crippen molar-refractivity contribution in [3.63, 3.8) is 0 Å². The number of rotatable bonds is 4. The molecule has 3 rings (SSSR count). The Balaban J connectivity index is 1.68. The predicted molar refractivity (Wildman–Crippen MR) is 108 cm³/mol. The highest BCUT2D eigenvalue weighted by Crippen LogP contribution is 2.28. The first-order chi connectivity index (χ1) is 12.5. The van der Waals surface area contributed by atoms with E-state index in [9.17, 15) is 4.79 Å². The summed E-state index contributed by atoms with van der Waals surface area (Å²) >= 11 is 3.40. The van der Waals surface area contributed by atoms with Crippen LogP contribution in [0.3, 0.4) is 0 Å². The summed E-state index contributed by atoms with van der Waals surface area (Å²) in [4.78, 5) is 14.8. The van der Waals surface area contributed by atoms with Gasteiger partial charge in [-0.15, -0.1) is 0 Å². The van der Waals surface area contributed by atoms with Gasteiger partial charge < -0.3 is 20.3 Å². The van der Waals surface area contributed by atoms with Gasteiger partial charge in [0.05, 0.1) is 7.11 Å². The molecule has 0 saturated carbocycles. The third kappa shape index (κ3) is 4.77. The zero-order valence-corrected chi connectivity index (χ0v) is 16.6. The van der Waals surface area contributed by atoms with Crippen LogP contribution < -0.4 is 15.4 Å². The summed E-state index contributed by atoms with van der Waals surface area (Å²) in [6.45, 7) is 1.88. The molecule has 6 heteroatoms. The molecule has 2 N–H and O–H groups in total. The van der Waals surface area contributed by atoms with Crippen LogP contribution in [0.15, 0.2) is 53.0 Å². The number of piperidine rings is 1. The molecule has 1 heterocycles. The van der Waals surface area contributed by atoms with Gasteiger partial charge in [-0.3, -0.25) is 0 Å². The van der Waals surface area contributed by atoms with Crippen LogP contribution in [-0.4, -0.2) is 44.2 Å². The summed E-state index contributed by atoms with van der Waals surface area (Å²) in [7, 11) is 3.79. The van der Waals surface area contributed by atoms with Gasteiger partial charge in [0.25, 0.3) is 0 Å². The van der Waals surface area contributed by atoms with Crippen LogP contribution in [0.4, 0.5) is 10.5 Å². The number of ether oxygens (including phenoxy) is 1. The molecule has 5 nitrogen and oxygen atoms in total. The molecule has 0 radical (unpaired) electrons. The number of nitrogens with one attached hydrogen (secondary N) is 2. The van der Waals surface area contributed by atoms with Crippen LogP contribution in [0.25, 0.3) is 0 Å². The second-order valence-corrected chi connectivity index (χ2v) is 7.56. The fourth-order valence-corrected chi connectivity index (χ4v) is 3.61. The van der Waals surface area contributed by atoms with Crippen LogP contribution in [-0.2, 0) is 0 Å². The third-order valence-electron chi connectivity index (χ3n) is 4.78. The first-order valence-corrected chi connectivity index (χ1v) is 9.50. The van der Waals surface area contributed by atoms with Crippen molar-refractivity contribution in [2.45, 2.75) is 18.4 Å². The Morgan fingerprint density at radius 3 is 2.50 bits per heavy atom. The van der Waals surface area contributed by atoms with Crippen molar-refractivity contribution < 1.29 is 9.53 Å². The number of nitrogens with zero attached hydrogens (tertiary/aromatic N) is 1. The zero-order chi connectivity index (χ0) is 18.5. The van der Waals surface area contributed by atoms with Crippen LogP contribution in [0.5, 0.6) is 5.75 Å². The molecule has 2 atom stereocenters. The van der Waals surface area contributed by atoms with Crippen molar-refractivity contribution in [3.05, 3.63) is 58.6 Å². The summed E-state index contributed by atoms with van der Waals surface area (Å²) in [5, 5.41) is 6.07. The number of carbonyl (C=O) groups is 1. The minimum Gasteiger partial charge on any atom is -0.497 e. The smallest absolute Gasteiger partial charge is 0.319 e. The molecule has 0 bridgehead atoms. The maximum Gasteiger partial charge on any atom is 0.319 e. The van der Waals surface area contributed by atoms with Crippen LogP contribution >= 0.6 is 15.9 Å². The van der Waals surface area contributed by atoms with E-state index in [1.54, 1.807) is 7.11 Å². The van der Waals surface area contributed by atoms with Gasteiger partial charge in [-0.05, 0) is 62.0 Å². The number of hydrogen-bond donors (Lipinski definition) is 2. The molecular weight excluding hydrogens is 394 g/mol. The van der Waals surface area contributed by atoms with Gasteiger partial charge in [0.1, 0.15) is 5.75 Å². The average Bonchev–Trinajstić information content (AvgIpc) is 2.65. The number of benzene rings is 2. The number of amides is 2. The number of likely N-dealkylation sites (tertiary alicyclic amines) is 1. The predicted octanol–water partition coefficient (Wildman–Crippen LogP) is 4.07. The molecule has 138 valence electrons. The molecule has 1 fully saturated rings. The molecule has 0 spiro atoms. The number of anilines is 1. The molecule has 2 amide bonds. The van der Waals surface area contributed by atoms with Gasteiger partial charge in [0.15, 0.2) is 0 Å². The van der Waals surface area contributed by atoms with Gasteiger partial charge in [-0.25, -0.2) is 4.79 Å². The zero-order valence-electron chi connectivity index (χ0n) is 15.0. The maximum absolute atomic E-state index is 12.5. The minimum atomic E-state index is -0.166. The van der Waals surface area contributed by atoms with Crippen molar-refractivity contribution in [1.82, 2.24) is 10.2 Å². The second-order valence-electron chi connectivity index (χ2n) is 6.64. The highest BCUT2D eigenvalue weighted by molar-refractivity contribution is 9.10. The van der Waals surface area contributed by atoms with Crippen molar-refractivity contribution in [2.24, 2.45) is 0 Å². The number of urea groups is 1. The Kier molecular flexibility index (Phi) is 6.16. The third-order valence-corrected chi connectivity index (χ3v) is 5.31. The lowest BCUT2D eigenvalue weighted by atomic mass is 9.86. The number of carbonyl (C=O) groups excluding carboxylic acids is 1. The highest BCUT2D eigenvalue weighted by atomic mass is 79.9. The van der Waals surface area contributed by atoms with Crippen molar-refractivity contribution in [1.29, 1.82) is 0 Å². The molecule has 26 heavy (non-hydrogen) atoms. The number of hydrogen-bond acceptors (Lipinski definition) is 3. The van der Waals surface area contributed by atoms with Gasteiger partial charge >= 0.3 is 6.03 Å². The lowest BCUT2D eigenvalue weighted by molar-refractivity contribution is 0.202. The van der Waals surface area contributed by atoms with E-state index in [1.807, 2.05) is 36.4 Å². The first-order valence-electron chi connectivity index (χ1n) is 8.71. The Morgan fingerprint density at radius 2 is 1.85 bits per heavy atom. The summed E-state index contributed by atoms with van der Waals surface area (Å²) in [5.74, 6) is 1.09. The number of likely N-dealkylation sites (N-methyl/N-ethyl adjacent to an activating group) is 1. The van der Waals surface area contributed by atoms with Crippen LogP contribution in [0.1, 0.15) is 17.9 Å². The quantitative estimate of drug-likeness (QED) is 0.787. The fraction of sp³-hybridized carbons (Fsp3) is 0.350. The Bertz CT molecular complexity index is 734. The van der Waals surface area contributed by atoms with E-state index in [2.05, 4.69) is 50.6 Å². The standard InChI is InChI=1S/C20H24BrN3O2/c1-24-12-11-19(18(13-24)14-3-9-17(26-2)10-4-14)23-20(25)22-16-7-5-15(21)6-8-16/h3-10,18-19H,11-13H2,1-2H3,(H2,22,23,25)/t18?,19-/m1/s1. The van der Waals surface area contributed by atoms with Gasteiger partial charge in [0.2, 0.25) is 0 Å². The van der Waals surface area contributed by atoms with E-state index < -0.39 is 0 Å². The topological polar surface area (TPSA) is 53.6 Å². The van der Waals surface area contributed by atoms with Crippen molar-refractivity contribution in [3.8, 4) is 5.75 Å². The monoisotopic (exact) mass is 417 g/mol. The lowest BCUT2D eigenvalue weighted by Crippen LogP contribution is -2.49. The molecule has 2 aromatic carbocycles. The lowest BCUT2D eigenvalue weighted by Gasteiger charge is -2.37. The fourth-order valence-electron chi connectivity index (χ4n) is 3.35. The van der Waals surface area contributed by atoms with E-state index in [0.717, 1.165) is 35.4 Å². The van der Waals surface area contributed by atoms with E-state index in [0.29, 0.717) is 0 Å². The first kappa shape index (κ1) is 18.7. The van der Waals surface area contributed by atoms with E-state index in [4.69, 9.17) is 4.74 Å². The van der Waals surface area contributed by atoms with Crippen LogP contribution in [0.2, 0.25) is 0 Å². The summed E-state index contributed by atoms with van der Waals surface area (Å²) in [5.41, 5.74) is 1.99. The molecule has 0 aliphatic carbocycles. The normalized spacial score (nSPS) is 20.4. The summed E-state index contributed by atoms with van der Waals surface area (Å²) < 4.78 is 6.23. The van der Waals surface area contributed by atoms with E-state index in [1.165, 1.54) is 5.56 Å². The highest BCUT2D eigenvalue weighted by Gasteiger charge is 2.30. The molecule has 1 unspecified atom stereocenters. The van der Waals surface area contributed by atoms with Crippen molar-refractivity contribution in [2.75, 3.05) is 32.6 Å². The minimum absolute atomic E-state index is 0.0926. The van der Waals surface area contributed by atoms with E-state index >= 15 is 0 Å². The number of methoxy groups -OCH3 is 1. The molecule has 0 aromatic heterocycles. The summed E-state index contributed by atoms with van der Waals surface area (Å²) in [6.07, 6.45) is 0.918. The molecular formula is C20H24BrN3O2. The maximum atomic E-state index is 12.5. The van der Waals surface area contributed by atoms with Crippen LogP contribution in [0, 0.1) is 0 Å². The van der Waals surface area contributed by atoms with Gasteiger partial charge in [-0.2, -0.15) is 0 Å². The largest absolute Gasteiger partial charge is 0.497 e. The van der Waals surface area contributed by atoms with Gasteiger partial charge in [-0.1, -0.05) is 28.1 Å².